The van der Waals surface area contributed by atoms with Crippen molar-refractivity contribution in [2.75, 3.05) is 6.54 Å². The zero-order chi connectivity index (χ0) is 19.8. The number of nitrogens with zero attached hydrogens (tertiary/aromatic N) is 2. The predicted molar refractivity (Wildman–Crippen MR) is 103 cm³/mol. The molecule has 1 aromatic carbocycles. The highest BCUT2D eigenvalue weighted by molar-refractivity contribution is 7.89. The molecule has 2 aromatic rings. The van der Waals surface area contributed by atoms with E-state index in [0.29, 0.717) is 13.0 Å². The first-order chi connectivity index (χ1) is 12.7. The van der Waals surface area contributed by atoms with Gasteiger partial charge < -0.3 is 5.32 Å². The van der Waals surface area contributed by atoms with E-state index in [-0.39, 0.29) is 16.8 Å². The number of aryl methyl sites for hydroxylation is 3. The van der Waals surface area contributed by atoms with Gasteiger partial charge in [0.1, 0.15) is 0 Å². The third-order valence-corrected chi connectivity index (χ3v) is 6.67. The van der Waals surface area contributed by atoms with Gasteiger partial charge in [-0.3, -0.25) is 9.48 Å². The van der Waals surface area contributed by atoms with E-state index < -0.39 is 10.0 Å². The van der Waals surface area contributed by atoms with E-state index in [2.05, 4.69) is 15.1 Å². The molecule has 146 valence electrons. The van der Waals surface area contributed by atoms with Crippen molar-refractivity contribution in [3.63, 3.8) is 0 Å². The van der Waals surface area contributed by atoms with Gasteiger partial charge in [-0.05, 0) is 61.9 Å². The molecule has 1 aromatic heterocycles. The zero-order valence-corrected chi connectivity index (χ0v) is 17.0. The van der Waals surface area contributed by atoms with Gasteiger partial charge in [0.2, 0.25) is 15.9 Å². The quantitative estimate of drug-likeness (QED) is 0.785. The Kier molecular flexibility index (Phi) is 5.39. The number of sulfonamides is 1. The lowest BCUT2D eigenvalue weighted by Gasteiger charge is -2.14. The Morgan fingerprint density at radius 1 is 1.33 bits per heavy atom. The maximum Gasteiger partial charge on any atom is 0.240 e. The molecule has 0 radical (unpaired) electrons. The zero-order valence-electron chi connectivity index (χ0n) is 16.2. The van der Waals surface area contributed by atoms with Crippen LogP contribution in [0.1, 0.15) is 47.5 Å². The molecule has 0 spiro atoms. The predicted octanol–water partition coefficient (Wildman–Crippen LogP) is 1.68. The first-order valence-corrected chi connectivity index (χ1v) is 10.6. The van der Waals surface area contributed by atoms with Gasteiger partial charge in [0, 0.05) is 26.2 Å². The van der Waals surface area contributed by atoms with Crippen molar-refractivity contribution in [3.8, 4) is 0 Å². The van der Waals surface area contributed by atoms with Crippen LogP contribution in [0.15, 0.2) is 23.1 Å². The van der Waals surface area contributed by atoms with Gasteiger partial charge in [0.25, 0.3) is 0 Å². The first-order valence-electron chi connectivity index (χ1n) is 9.07. The molecule has 8 heteroatoms. The van der Waals surface area contributed by atoms with Crippen LogP contribution in [0.3, 0.4) is 0 Å². The van der Waals surface area contributed by atoms with Crippen LogP contribution in [0.4, 0.5) is 0 Å². The van der Waals surface area contributed by atoms with Crippen LogP contribution in [-0.2, 0) is 34.7 Å². The molecular weight excluding hydrogens is 364 g/mol. The Morgan fingerprint density at radius 2 is 2.07 bits per heavy atom. The second-order valence-electron chi connectivity index (χ2n) is 7.07. The lowest BCUT2D eigenvalue weighted by Crippen LogP contribution is -2.27. The number of amides is 1. The summed E-state index contributed by atoms with van der Waals surface area (Å²) in [6.45, 7) is 5.69. The standard InChI is InChI=1S/C19H26N4O3S/c1-12-17(13(2)23(4)22-12)9-10-20-27(25,26)16-7-5-15-6-8-19(18(15)11-16)21-14(3)24/h5,7,11,19-20H,6,8-10H2,1-4H3,(H,21,24)/t19-/m1/s1. The summed E-state index contributed by atoms with van der Waals surface area (Å²) >= 11 is 0. The molecule has 0 saturated carbocycles. The van der Waals surface area contributed by atoms with Crippen LogP contribution in [0.25, 0.3) is 0 Å². The molecule has 0 aliphatic heterocycles. The van der Waals surface area contributed by atoms with E-state index in [1.165, 1.54) is 6.92 Å². The molecule has 7 nitrogen and oxygen atoms in total. The minimum absolute atomic E-state index is 0.110. The summed E-state index contributed by atoms with van der Waals surface area (Å²) in [7, 11) is -1.73. The van der Waals surface area contributed by atoms with E-state index in [9.17, 15) is 13.2 Å². The highest BCUT2D eigenvalue weighted by Crippen LogP contribution is 2.32. The van der Waals surface area contributed by atoms with E-state index in [1.54, 1.807) is 12.1 Å². The van der Waals surface area contributed by atoms with Gasteiger partial charge in [-0.15, -0.1) is 0 Å². The van der Waals surface area contributed by atoms with Crippen molar-refractivity contribution in [1.29, 1.82) is 0 Å². The second-order valence-corrected chi connectivity index (χ2v) is 8.84. The molecule has 27 heavy (non-hydrogen) atoms. The molecule has 0 fully saturated rings. The Labute approximate surface area is 160 Å². The molecule has 0 unspecified atom stereocenters. The molecule has 1 heterocycles. The maximum atomic E-state index is 12.7. The average Bonchev–Trinajstić information content (AvgIpc) is 3.09. The molecular formula is C19H26N4O3S. The fourth-order valence-electron chi connectivity index (χ4n) is 3.72. The van der Waals surface area contributed by atoms with Crippen LogP contribution >= 0.6 is 0 Å². The normalized spacial score (nSPS) is 16.4. The van der Waals surface area contributed by atoms with Crippen LogP contribution in [0.2, 0.25) is 0 Å². The highest BCUT2D eigenvalue weighted by Gasteiger charge is 2.25. The molecule has 1 aliphatic carbocycles. The van der Waals surface area contributed by atoms with E-state index in [1.807, 2.05) is 31.6 Å². The topological polar surface area (TPSA) is 93.1 Å². The van der Waals surface area contributed by atoms with Crippen molar-refractivity contribution in [3.05, 3.63) is 46.3 Å². The number of hydrogen-bond acceptors (Lipinski definition) is 4. The third kappa shape index (κ3) is 4.06. The molecule has 1 amide bonds. The summed E-state index contributed by atoms with van der Waals surface area (Å²) in [5.41, 5.74) is 5.02. The van der Waals surface area contributed by atoms with Crippen LogP contribution in [0, 0.1) is 13.8 Å². The smallest absolute Gasteiger partial charge is 0.240 e. The van der Waals surface area contributed by atoms with Crippen molar-refractivity contribution < 1.29 is 13.2 Å². The van der Waals surface area contributed by atoms with Crippen molar-refractivity contribution in [1.82, 2.24) is 19.8 Å². The molecule has 3 rings (SSSR count). The summed E-state index contributed by atoms with van der Waals surface area (Å²) in [4.78, 5) is 11.6. The van der Waals surface area contributed by atoms with Crippen molar-refractivity contribution >= 4 is 15.9 Å². The van der Waals surface area contributed by atoms with Gasteiger partial charge in [-0.2, -0.15) is 5.10 Å². The highest BCUT2D eigenvalue weighted by atomic mass is 32.2. The van der Waals surface area contributed by atoms with E-state index >= 15 is 0 Å². The van der Waals surface area contributed by atoms with Crippen LogP contribution < -0.4 is 10.0 Å². The monoisotopic (exact) mass is 390 g/mol. The Balaban J connectivity index is 1.73. The summed E-state index contributed by atoms with van der Waals surface area (Å²) in [6, 6.07) is 5.05. The number of carbonyl (C=O) groups excluding carboxylic acids is 1. The third-order valence-electron chi connectivity index (χ3n) is 5.21. The summed E-state index contributed by atoms with van der Waals surface area (Å²) < 4.78 is 29.9. The van der Waals surface area contributed by atoms with Gasteiger partial charge in [0.15, 0.2) is 0 Å². The molecule has 0 bridgehead atoms. The minimum Gasteiger partial charge on any atom is -0.350 e. The number of aromatic nitrogens is 2. The number of hydrogen-bond donors (Lipinski definition) is 2. The van der Waals surface area contributed by atoms with Gasteiger partial charge >= 0.3 is 0 Å². The Hall–Kier alpha value is -2.19. The van der Waals surface area contributed by atoms with Gasteiger partial charge in [-0.1, -0.05) is 6.07 Å². The maximum absolute atomic E-state index is 12.7. The number of rotatable bonds is 6. The lowest BCUT2D eigenvalue weighted by molar-refractivity contribution is -0.119. The summed E-state index contributed by atoms with van der Waals surface area (Å²) in [5.74, 6) is -0.110. The van der Waals surface area contributed by atoms with Crippen LogP contribution in [-0.4, -0.2) is 30.7 Å². The lowest BCUT2D eigenvalue weighted by atomic mass is 10.1. The van der Waals surface area contributed by atoms with E-state index in [0.717, 1.165) is 40.9 Å². The summed E-state index contributed by atoms with van der Waals surface area (Å²) in [6.07, 6.45) is 2.23. The number of carbonyl (C=O) groups is 1. The SMILES string of the molecule is CC(=O)N[C@@H]1CCc2ccc(S(=O)(=O)NCCc3c(C)nn(C)c3C)cc21. The second kappa shape index (κ2) is 7.44. The van der Waals surface area contributed by atoms with Gasteiger partial charge in [0.05, 0.1) is 16.6 Å². The first kappa shape index (κ1) is 19.6. The molecule has 0 saturated heterocycles. The Morgan fingerprint density at radius 3 is 2.70 bits per heavy atom. The van der Waals surface area contributed by atoms with Crippen LogP contribution in [0.5, 0.6) is 0 Å². The minimum atomic E-state index is -3.61. The number of nitrogens with one attached hydrogen (secondary N) is 2. The fourth-order valence-corrected chi connectivity index (χ4v) is 4.78. The largest absolute Gasteiger partial charge is 0.350 e. The number of benzene rings is 1. The molecule has 1 aliphatic rings. The number of fused-ring (bicyclic) bond motifs is 1. The Bertz CT molecular complexity index is 979. The molecule has 2 N–H and O–H groups in total. The summed E-state index contributed by atoms with van der Waals surface area (Å²) in [5, 5.41) is 7.25. The fraction of sp³-hybridized carbons (Fsp3) is 0.474. The molecule has 1 atom stereocenters. The van der Waals surface area contributed by atoms with Crippen molar-refractivity contribution in [2.24, 2.45) is 7.05 Å². The van der Waals surface area contributed by atoms with Crippen molar-refractivity contribution in [2.45, 2.75) is 51.0 Å². The average molecular weight is 391 g/mol. The van der Waals surface area contributed by atoms with E-state index in [4.69, 9.17) is 0 Å². The van der Waals surface area contributed by atoms with Gasteiger partial charge in [-0.25, -0.2) is 13.1 Å².